The first-order valence-electron chi connectivity index (χ1n) is 5.06. The van der Waals surface area contributed by atoms with Gasteiger partial charge >= 0.3 is 0 Å². The fraction of sp³-hybridized carbons (Fsp3) is 0.500. The number of halogens is 2. The minimum Gasteiger partial charge on any atom is -0.490 e. The van der Waals surface area contributed by atoms with Crippen molar-refractivity contribution in [1.29, 1.82) is 0 Å². The van der Waals surface area contributed by atoms with Crippen LogP contribution in [0.15, 0.2) is 24.3 Å². The van der Waals surface area contributed by atoms with Gasteiger partial charge in [-0.3, -0.25) is 0 Å². The average Bonchev–Trinajstić information content (AvgIpc) is 2.17. The molecular weight excluding hydrogens is 215 g/mol. The normalized spacial score (nSPS) is 28.3. The van der Waals surface area contributed by atoms with Crippen molar-refractivity contribution in [1.82, 2.24) is 0 Å². The van der Waals surface area contributed by atoms with E-state index in [4.69, 9.17) is 16.3 Å². The third kappa shape index (κ3) is 1.96. The minimum absolute atomic E-state index is 0.0339. The molecule has 0 saturated heterocycles. The zero-order chi connectivity index (χ0) is 11.1. The van der Waals surface area contributed by atoms with Gasteiger partial charge in [0.15, 0.2) is 0 Å². The number of hydrogen-bond donors (Lipinski definition) is 0. The maximum absolute atomic E-state index is 12.9. The van der Waals surface area contributed by atoms with Gasteiger partial charge in [-0.15, -0.1) is 11.6 Å². The molecule has 0 N–H and O–H groups in total. The molecule has 1 nitrogen and oxygen atoms in total. The fourth-order valence-corrected chi connectivity index (χ4v) is 2.04. The number of benzene rings is 1. The summed E-state index contributed by atoms with van der Waals surface area (Å²) in [5, 5.41) is 0.149. The highest BCUT2D eigenvalue weighted by Gasteiger charge is 2.49. The number of alkyl halides is 1. The molecule has 1 aliphatic carbocycles. The smallest absolute Gasteiger partial charge is 0.126 e. The Balaban J connectivity index is 2.05. The van der Waals surface area contributed by atoms with Crippen molar-refractivity contribution >= 4 is 11.6 Å². The van der Waals surface area contributed by atoms with E-state index < -0.39 is 0 Å². The number of rotatable bonds is 2. The van der Waals surface area contributed by atoms with E-state index in [0.29, 0.717) is 5.75 Å². The molecule has 0 aromatic heterocycles. The van der Waals surface area contributed by atoms with Crippen molar-refractivity contribution in [2.75, 3.05) is 0 Å². The lowest BCUT2D eigenvalue weighted by Gasteiger charge is -2.48. The van der Waals surface area contributed by atoms with Crippen LogP contribution in [-0.4, -0.2) is 11.5 Å². The van der Waals surface area contributed by atoms with E-state index in [1.807, 2.05) is 0 Å². The third-order valence-electron chi connectivity index (χ3n) is 3.13. The van der Waals surface area contributed by atoms with Crippen LogP contribution >= 0.6 is 11.6 Å². The standard InChI is InChI=1S/C12H14ClFO/c1-12(2)10(13)7-11(12)15-9-5-3-4-8(14)6-9/h3-6,10-11H,7H2,1-2H3. The highest BCUT2D eigenvalue weighted by atomic mass is 35.5. The van der Waals surface area contributed by atoms with Crippen molar-refractivity contribution in [3.8, 4) is 5.75 Å². The summed E-state index contributed by atoms with van der Waals surface area (Å²) in [5.74, 6) is 0.309. The molecule has 1 aliphatic rings. The van der Waals surface area contributed by atoms with Crippen LogP contribution in [0.4, 0.5) is 4.39 Å². The van der Waals surface area contributed by atoms with Crippen LogP contribution in [0.2, 0.25) is 0 Å². The molecule has 0 bridgehead atoms. The molecule has 0 spiro atoms. The molecule has 1 aromatic rings. The predicted octanol–water partition coefficient (Wildman–Crippen LogP) is 3.61. The van der Waals surface area contributed by atoms with E-state index >= 15 is 0 Å². The van der Waals surface area contributed by atoms with Crippen LogP contribution in [0.5, 0.6) is 5.75 Å². The molecule has 2 unspecified atom stereocenters. The van der Waals surface area contributed by atoms with Gasteiger partial charge in [0, 0.05) is 23.3 Å². The van der Waals surface area contributed by atoms with Crippen molar-refractivity contribution in [2.24, 2.45) is 5.41 Å². The second kappa shape index (κ2) is 3.67. The van der Waals surface area contributed by atoms with Crippen molar-refractivity contribution < 1.29 is 9.13 Å². The Morgan fingerprint density at radius 1 is 1.47 bits per heavy atom. The summed E-state index contributed by atoms with van der Waals surface area (Å²) in [7, 11) is 0. The van der Waals surface area contributed by atoms with E-state index in [0.717, 1.165) is 6.42 Å². The summed E-state index contributed by atoms with van der Waals surface area (Å²) in [4.78, 5) is 0. The van der Waals surface area contributed by atoms with Gasteiger partial charge < -0.3 is 4.74 Å². The van der Waals surface area contributed by atoms with Crippen molar-refractivity contribution in [3.05, 3.63) is 30.1 Å². The quantitative estimate of drug-likeness (QED) is 0.703. The first-order valence-corrected chi connectivity index (χ1v) is 5.50. The van der Waals surface area contributed by atoms with Crippen molar-refractivity contribution in [2.45, 2.75) is 31.7 Å². The first-order chi connectivity index (χ1) is 7.00. The van der Waals surface area contributed by atoms with Gasteiger partial charge in [-0.1, -0.05) is 19.9 Å². The molecule has 2 atom stereocenters. The van der Waals surface area contributed by atoms with E-state index in [1.54, 1.807) is 12.1 Å². The molecule has 1 saturated carbocycles. The number of hydrogen-bond acceptors (Lipinski definition) is 1. The van der Waals surface area contributed by atoms with Gasteiger partial charge in [0.2, 0.25) is 0 Å². The Labute approximate surface area is 94.2 Å². The van der Waals surface area contributed by atoms with Gasteiger partial charge in [-0.05, 0) is 12.1 Å². The molecule has 1 fully saturated rings. The van der Waals surface area contributed by atoms with Crippen molar-refractivity contribution in [3.63, 3.8) is 0 Å². The summed E-state index contributed by atoms with van der Waals surface area (Å²) in [6, 6.07) is 6.22. The van der Waals surface area contributed by atoms with Crippen LogP contribution in [0.3, 0.4) is 0 Å². The zero-order valence-electron chi connectivity index (χ0n) is 8.84. The lowest BCUT2D eigenvalue weighted by Crippen LogP contribution is -2.53. The fourth-order valence-electron chi connectivity index (χ4n) is 1.74. The molecule has 0 aliphatic heterocycles. The molecule has 0 heterocycles. The molecule has 1 aromatic carbocycles. The zero-order valence-corrected chi connectivity index (χ0v) is 9.59. The summed E-state index contributed by atoms with van der Waals surface area (Å²) in [5.41, 5.74) is -0.0339. The highest BCUT2D eigenvalue weighted by molar-refractivity contribution is 6.21. The summed E-state index contributed by atoms with van der Waals surface area (Å²) in [6.45, 7) is 4.14. The molecule has 0 amide bonds. The van der Waals surface area contributed by atoms with Crippen LogP contribution in [0.25, 0.3) is 0 Å². The predicted molar refractivity (Wildman–Crippen MR) is 58.9 cm³/mol. The third-order valence-corrected chi connectivity index (χ3v) is 3.87. The topological polar surface area (TPSA) is 9.23 Å². The van der Waals surface area contributed by atoms with Crippen LogP contribution in [-0.2, 0) is 0 Å². The van der Waals surface area contributed by atoms with E-state index in [-0.39, 0.29) is 22.7 Å². The Morgan fingerprint density at radius 2 is 2.20 bits per heavy atom. The average molecular weight is 229 g/mol. The molecule has 82 valence electrons. The maximum atomic E-state index is 12.9. The monoisotopic (exact) mass is 228 g/mol. The van der Waals surface area contributed by atoms with E-state index in [9.17, 15) is 4.39 Å². The Morgan fingerprint density at radius 3 is 2.73 bits per heavy atom. The lowest BCUT2D eigenvalue weighted by atomic mass is 9.68. The van der Waals surface area contributed by atoms with Gasteiger partial charge in [0.25, 0.3) is 0 Å². The number of ether oxygens (including phenoxy) is 1. The van der Waals surface area contributed by atoms with Gasteiger partial charge in [0.05, 0.1) is 0 Å². The lowest BCUT2D eigenvalue weighted by molar-refractivity contribution is -0.0131. The maximum Gasteiger partial charge on any atom is 0.126 e. The molecule has 2 rings (SSSR count). The SMILES string of the molecule is CC1(C)C(Cl)CC1Oc1cccc(F)c1. The summed E-state index contributed by atoms with van der Waals surface area (Å²) in [6.07, 6.45) is 0.909. The second-order valence-electron chi connectivity index (χ2n) is 4.59. The Bertz CT molecular complexity index is 364. The van der Waals surface area contributed by atoms with Gasteiger partial charge in [-0.25, -0.2) is 4.39 Å². The molecule has 15 heavy (non-hydrogen) atoms. The molecular formula is C12H14ClFO. The van der Waals surface area contributed by atoms with Gasteiger partial charge in [-0.2, -0.15) is 0 Å². The molecule has 0 radical (unpaired) electrons. The highest BCUT2D eigenvalue weighted by Crippen LogP contribution is 2.46. The minimum atomic E-state index is -0.271. The largest absolute Gasteiger partial charge is 0.490 e. The molecule has 3 heteroatoms. The summed E-state index contributed by atoms with van der Waals surface area (Å²) < 4.78 is 18.6. The summed E-state index contributed by atoms with van der Waals surface area (Å²) >= 11 is 6.08. The Hall–Kier alpha value is -0.760. The second-order valence-corrected chi connectivity index (χ2v) is 5.12. The van der Waals surface area contributed by atoms with Crippen LogP contribution in [0, 0.1) is 11.2 Å². The van der Waals surface area contributed by atoms with E-state index in [2.05, 4.69) is 13.8 Å². The first kappa shape index (κ1) is 10.7. The van der Waals surface area contributed by atoms with Gasteiger partial charge in [0.1, 0.15) is 17.7 Å². The van der Waals surface area contributed by atoms with Crippen LogP contribution < -0.4 is 4.74 Å². The van der Waals surface area contributed by atoms with E-state index in [1.165, 1.54) is 12.1 Å². The Kier molecular flexibility index (Phi) is 2.63. The van der Waals surface area contributed by atoms with Crippen LogP contribution in [0.1, 0.15) is 20.3 Å².